The van der Waals surface area contributed by atoms with Gasteiger partial charge < -0.3 is 20.3 Å². The van der Waals surface area contributed by atoms with E-state index in [2.05, 4.69) is 24.5 Å². The first-order valence-corrected chi connectivity index (χ1v) is 12.1. The van der Waals surface area contributed by atoms with Gasteiger partial charge in [0.05, 0.1) is 0 Å². The lowest BCUT2D eigenvalue weighted by molar-refractivity contribution is -0.140. The van der Waals surface area contributed by atoms with E-state index in [9.17, 15) is 14.4 Å². The van der Waals surface area contributed by atoms with Gasteiger partial charge in [0.2, 0.25) is 11.8 Å². The van der Waals surface area contributed by atoms with Crippen molar-refractivity contribution in [2.45, 2.75) is 98.3 Å². The van der Waals surface area contributed by atoms with Gasteiger partial charge in [-0.25, -0.2) is 4.79 Å². The zero-order chi connectivity index (χ0) is 25.0. The SMILES string of the molecule is CCCCCN(C(=O)CNC(=O)OC(C)(C)C)C(C(=O)NC(C)CCC)c1cccc(C)c1. The average molecular weight is 462 g/mol. The number of rotatable bonds is 12. The minimum absolute atomic E-state index is 0.00212. The normalized spacial score (nSPS) is 13.1. The molecule has 0 radical (unpaired) electrons. The Balaban J connectivity index is 3.19. The highest BCUT2D eigenvalue weighted by Gasteiger charge is 2.32. The van der Waals surface area contributed by atoms with E-state index < -0.39 is 17.7 Å². The number of alkyl carbamates (subject to hydrolysis) is 1. The van der Waals surface area contributed by atoms with Crippen LogP contribution in [-0.4, -0.2) is 47.5 Å². The summed E-state index contributed by atoms with van der Waals surface area (Å²) in [6.07, 6.45) is 3.86. The number of nitrogens with one attached hydrogen (secondary N) is 2. The van der Waals surface area contributed by atoms with Gasteiger partial charge >= 0.3 is 6.09 Å². The smallest absolute Gasteiger partial charge is 0.408 e. The van der Waals surface area contributed by atoms with Crippen LogP contribution >= 0.6 is 0 Å². The Labute approximate surface area is 199 Å². The molecular weight excluding hydrogens is 418 g/mol. The van der Waals surface area contributed by atoms with E-state index in [1.807, 2.05) is 38.1 Å². The summed E-state index contributed by atoms with van der Waals surface area (Å²) in [6, 6.07) is 6.91. The summed E-state index contributed by atoms with van der Waals surface area (Å²) in [5, 5.41) is 5.62. The largest absolute Gasteiger partial charge is 0.444 e. The van der Waals surface area contributed by atoms with Crippen molar-refractivity contribution in [1.29, 1.82) is 0 Å². The molecule has 0 saturated heterocycles. The standard InChI is InChI=1S/C26H43N3O4/c1-8-10-11-16-29(22(30)18-27-25(32)33-26(5,6)7)23(21-15-12-14-19(3)17-21)24(31)28-20(4)13-9-2/h12,14-15,17,20,23H,8-11,13,16,18H2,1-7H3,(H,27,32)(H,28,31). The minimum atomic E-state index is -0.769. The summed E-state index contributed by atoms with van der Waals surface area (Å²) in [5.74, 6) is -0.523. The lowest BCUT2D eigenvalue weighted by Crippen LogP contribution is -2.49. The molecule has 0 aliphatic rings. The molecule has 0 aliphatic carbocycles. The highest BCUT2D eigenvalue weighted by Crippen LogP contribution is 2.24. The molecule has 7 heteroatoms. The molecule has 0 aliphatic heterocycles. The van der Waals surface area contributed by atoms with Gasteiger partial charge in [0.25, 0.3) is 0 Å². The molecule has 33 heavy (non-hydrogen) atoms. The second-order valence-corrected chi connectivity index (χ2v) is 9.66. The summed E-state index contributed by atoms with van der Waals surface area (Å²) in [6.45, 7) is 13.6. The van der Waals surface area contributed by atoms with Crippen LogP contribution in [0.3, 0.4) is 0 Å². The van der Waals surface area contributed by atoms with Crippen LogP contribution in [0, 0.1) is 6.92 Å². The van der Waals surface area contributed by atoms with E-state index >= 15 is 0 Å². The Morgan fingerprint density at radius 3 is 2.36 bits per heavy atom. The van der Waals surface area contributed by atoms with E-state index in [1.54, 1.807) is 25.7 Å². The Morgan fingerprint density at radius 1 is 1.09 bits per heavy atom. The summed E-state index contributed by atoms with van der Waals surface area (Å²) in [7, 11) is 0. The second-order valence-electron chi connectivity index (χ2n) is 9.66. The first-order valence-electron chi connectivity index (χ1n) is 12.1. The van der Waals surface area contributed by atoms with E-state index in [-0.39, 0.29) is 24.4 Å². The molecule has 0 aromatic heterocycles. The second kappa shape index (κ2) is 13.9. The van der Waals surface area contributed by atoms with Crippen LogP contribution in [0.1, 0.15) is 90.8 Å². The maximum atomic E-state index is 13.4. The van der Waals surface area contributed by atoms with Crippen molar-refractivity contribution >= 4 is 17.9 Å². The third kappa shape index (κ3) is 10.7. The van der Waals surface area contributed by atoms with E-state index in [1.165, 1.54) is 0 Å². The third-order valence-corrected chi connectivity index (χ3v) is 5.13. The van der Waals surface area contributed by atoms with Crippen molar-refractivity contribution in [3.63, 3.8) is 0 Å². The molecule has 3 amide bonds. The monoisotopic (exact) mass is 461 g/mol. The van der Waals surface area contributed by atoms with Crippen molar-refractivity contribution < 1.29 is 19.1 Å². The summed E-state index contributed by atoms with van der Waals surface area (Å²) in [5.41, 5.74) is 1.12. The Morgan fingerprint density at radius 2 is 1.79 bits per heavy atom. The van der Waals surface area contributed by atoms with E-state index in [0.29, 0.717) is 6.54 Å². The summed E-state index contributed by atoms with van der Waals surface area (Å²) >= 11 is 0. The maximum Gasteiger partial charge on any atom is 0.408 e. The third-order valence-electron chi connectivity index (χ3n) is 5.13. The van der Waals surface area contributed by atoms with Gasteiger partial charge in [0, 0.05) is 12.6 Å². The van der Waals surface area contributed by atoms with Crippen molar-refractivity contribution in [3.8, 4) is 0 Å². The Hall–Kier alpha value is -2.57. The number of amides is 3. The Kier molecular flexibility index (Phi) is 12.0. The predicted octanol–water partition coefficient (Wildman–Crippen LogP) is 4.88. The molecule has 1 aromatic carbocycles. The van der Waals surface area contributed by atoms with Gasteiger partial charge in [-0.1, -0.05) is 62.9 Å². The van der Waals surface area contributed by atoms with Gasteiger partial charge in [-0.15, -0.1) is 0 Å². The van der Waals surface area contributed by atoms with Crippen LogP contribution in [0.15, 0.2) is 24.3 Å². The predicted molar refractivity (Wildman–Crippen MR) is 132 cm³/mol. The fourth-order valence-electron chi connectivity index (χ4n) is 3.63. The van der Waals surface area contributed by atoms with Gasteiger partial charge in [0.1, 0.15) is 18.2 Å². The average Bonchev–Trinajstić information content (AvgIpc) is 2.70. The van der Waals surface area contributed by atoms with Crippen molar-refractivity contribution in [2.24, 2.45) is 0 Å². The number of unbranched alkanes of at least 4 members (excludes halogenated alkanes) is 2. The van der Waals surface area contributed by atoms with Crippen molar-refractivity contribution in [3.05, 3.63) is 35.4 Å². The zero-order valence-corrected chi connectivity index (χ0v) is 21.5. The summed E-state index contributed by atoms with van der Waals surface area (Å²) in [4.78, 5) is 40.4. The van der Waals surface area contributed by atoms with Crippen LogP contribution in [0.5, 0.6) is 0 Å². The fourth-order valence-corrected chi connectivity index (χ4v) is 3.63. The van der Waals surface area contributed by atoms with Crippen LogP contribution in [0.4, 0.5) is 4.79 Å². The molecule has 1 aromatic rings. The highest BCUT2D eigenvalue weighted by atomic mass is 16.6. The number of hydrogen-bond acceptors (Lipinski definition) is 4. The summed E-state index contributed by atoms with van der Waals surface area (Å²) < 4.78 is 5.25. The van der Waals surface area contributed by atoms with Gasteiger partial charge in [-0.05, 0) is 53.0 Å². The number of aryl methyl sites for hydroxylation is 1. The first kappa shape index (κ1) is 28.5. The highest BCUT2D eigenvalue weighted by molar-refractivity contribution is 5.90. The first-order chi connectivity index (χ1) is 15.5. The van der Waals surface area contributed by atoms with Gasteiger partial charge in [0.15, 0.2) is 0 Å². The number of hydrogen-bond donors (Lipinski definition) is 2. The zero-order valence-electron chi connectivity index (χ0n) is 21.5. The number of nitrogens with zero attached hydrogens (tertiary/aromatic N) is 1. The lowest BCUT2D eigenvalue weighted by atomic mass is 10.0. The molecular formula is C26H43N3O4. The van der Waals surface area contributed by atoms with Gasteiger partial charge in [-0.3, -0.25) is 9.59 Å². The van der Waals surface area contributed by atoms with Gasteiger partial charge in [-0.2, -0.15) is 0 Å². The fraction of sp³-hybridized carbons (Fsp3) is 0.654. The molecule has 1 rings (SSSR count). The van der Waals surface area contributed by atoms with E-state index in [4.69, 9.17) is 4.74 Å². The molecule has 2 unspecified atom stereocenters. The quantitative estimate of drug-likeness (QED) is 0.434. The molecule has 0 fully saturated rings. The van der Waals surface area contributed by atoms with Crippen LogP contribution in [-0.2, 0) is 14.3 Å². The van der Waals surface area contributed by atoms with Crippen LogP contribution < -0.4 is 10.6 Å². The van der Waals surface area contributed by atoms with Crippen molar-refractivity contribution in [2.75, 3.05) is 13.1 Å². The van der Waals surface area contributed by atoms with E-state index in [0.717, 1.165) is 43.2 Å². The molecule has 0 saturated carbocycles. The number of benzene rings is 1. The Bertz CT molecular complexity index is 773. The van der Waals surface area contributed by atoms with Crippen LogP contribution in [0.25, 0.3) is 0 Å². The molecule has 0 bridgehead atoms. The molecule has 0 spiro atoms. The number of carbonyl (C=O) groups excluding carboxylic acids is 3. The number of carbonyl (C=O) groups is 3. The molecule has 0 heterocycles. The van der Waals surface area contributed by atoms with Crippen LogP contribution in [0.2, 0.25) is 0 Å². The van der Waals surface area contributed by atoms with Crippen molar-refractivity contribution in [1.82, 2.24) is 15.5 Å². The molecule has 7 nitrogen and oxygen atoms in total. The molecule has 186 valence electrons. The lowest BCUT2D eigenvalue weighted by Gasteiger charge is -2.32. The molecule has 2 atom stereocenters. The topological polar surface area (TPSA) is 87.7 Å². The number of ether oxygens (including phenoxy) is 1. The minimum Gasteiger partial charge on any atom is -0.444 e. The molecule has 2 N–H and O–H groups in total. The maximum absolute atomic E-state index is 13.4.